The van der Waals surface area contributed by atoms with Crippen molar-refractivity contribution in [2.45, 2.75) is 25.9 Å². The monoisotopic (exact) mass is 527 g/mol. The molecule has 5 rings (SSSR count). The molecule has 38 heavy (non-hydrogen) atoms. The number of aromatic hydroxyl groups is 1. The van der Waals surface area contributed by atoms with Gasteiger partial charge in [0.25, 0.3) is 0 Å². The number of nitrogens with zero attached hydrogens (tertiary/aromatic N) is 3. The number of phenols is 1. The van der Waals surface area contributed by atoms with Crippen LogP contribution in [0.15, 0.2) is 79.0 Å². The quantitative estimate of drug-likeness (QED) is 0.293. The molecule has 0 radical (unpaired) electrons. The molecule has 0 aliphatic carbocycles. The molecule has 0 bridgehead atoms. The number of anilines is 2. The number of amides is 1. The van der Waals surface area contributed by atoms with Crippen LogP contribution < -0.4 is 15.5 Å². The highest BCUT2D eigenvalue weighted by Gasteiger charge is 2.42. The number of methoxy groups -OCH3 is 1. The van der Waals surface area contributed by atoms with E-state index in [2.05, 4.69) is 38.1 Å². The number of nitrogens with one attached hydrogen (secondary N) is 2. The van der Waals surface area contributed by atoms with Crippen molar-refractivity contribution in [1.82, 2.24) is 14.9 Å². The van der Waals surface area contributed by atoms with E-state index in [1.807, 2.05) is 67.6 Å². The van der Waals surface area contributed by atoms with E-state index in [0.29, 0.717) is 10.8 Å². The van der Waals surface area contributed by atoms with Gasteiger partial charge in [0.2, 0.25) is 5.91 Å². The molecule has 0 unspecified atom stereocenters. The lowest BCUT2D eigenvalue weighted by Crippen LogP contribution is -2.29. The number of para-hydroxylation sites is 2. The first-order chi connectivity index (χ1) is 18.4. The van der Waals surface area contributed by atoms with E-state index in [-0.39, 0.29) is 30.3 Å². The summed E-state index contributed by atoms with van der Waals surface area (Å²) in [5.41, 5.74) is 6.19. The summed E-state index contributed by atoms with van der Waals surface area (Å²) in [4.78, 5) is 18.7. The second kappa shape index (κ2) is 10.6. The van der Waals surface area contributed by atoms with Crippen molar-refractivity contribution in [2.24, 2.45) is 0 Å². The van der Waals surface area contributed by atoms with Crippen molar-refractivity contribution in [1.29, 1.82) is 0 Å². The van der Waals surface area contributed by atoms with Gasteiger partial charge < -0.3 is 29.9 Å². The molecule has 3 heterocycles. The summed E-state index contributed by atoms with van der Waals surface area (Å²) in [6, 6.07) is 22.5. The fourth-order valence-corrected chi connectivity index (χ4v) is 5.44. The number of hydrogen-bond acceptors (Lipinski definition) is 5. The van der Waals surface area contributed by atoms with E-state index in [4.69, 9.17) is 17.0 Å². The average molecular weight is 528 g/mol. The van der Waals surface area contributed by atoms with Crippen LogP contribution in [0, 0.1) is 13.8 Å². The summed E-state index contributed by atoms with van der Waals surface area (Å²) in [5.74, 6) is -0.00605. The van der Waals surface area contributed by atoms with Crippen LogP contribution in [0.1, 0.15) is 34.7 Å². The summed E-state index contributed by atoms with van der Waals surface area (Å²) in [7, 11) is 1.48. The standard InChI is InChI=1S/C29H29N5O3S/c1-18-16-22(19(2)33(18)24-9-4-5-10-25(24)35)28-27(23-8-6-7-15-30-23)32-29(38)34(28)21-13-11-20(12-14-21)31-26(36)17-37-3/h4-16,27-28,35H,17H2,1-3H3,(H,31,36)(H,32,38)/t27-,28+/m1/s1. The van der Waals surface area contributed by atoms with E-state index in [1.165, 1.54) is 7.11 Å². The predicted octanol–water partition coefficient (Wildman–Crippen LogP) is 4.96. The van der Waals surface area contributed by atoms with Crippen LogP contribution in [0.25, 0.3) is 5.69 Å². The molecule has 0 spiro atoms. The zero-order valence-electron chi connectivity index (χ0n) is 21.4. The van der Waals surface area contributed by atoms with Crippen LogP contribution >= 0.6 is 12.2 Å². The minimum atomic E-state index is -0.219. The van der Waals surface area contributed by atoms with E-state index in [9.17, 15) is 9.90 Å². The number of aryl methyl sites for hydroxylation is 1. The molecule has 1 saturated heterocycles. The van der Waals surface area contributed by atoms with Crippen LogP contribution in [0.3, 0.4) is 0 Å². The maximum absolute atomic E-state index is 12.0. The second-order valence-electron chi connectivity index (χ2n) is 9.18. The Balaban J connectivity index is 1.59. The van der Waals surface area contributed by atoms with E-state index in [0.717, 1.165) is 34.0 Å². The van der Waals surface area contributed by atoms with Gasteiger partial charge in [-0.2, -0.15) is 0 Å². The normalized spacial score (nSPS) is 16.9. The van der Waals surface area contributed by atoms with E-state index < -0.39 is 0 Å². The molecular formula is C29H29N5O3S. The van der Waals surface area contributed by atoms with Gasteiger partial charge in [0, 0.05) is 36.1 Å². The first-order valence-electron chi connectivity index (χ1n) is 12.3. The number of rotatable bonds is 7. The minimum absolute atomic E-state index is 0.0116. The molecule has 0 saturated carbocycles. The molecule has 194 valence electrons. The Bertz CT molecular complexity index is 1470. The summed E-state index contributed by atoms with van der Waals surface area (Å²) >= 11 is 5.87. The van der Waals surface area contributed by atoms with Crippen LogP contribution in [0.4, 0.5) is 11.4 Å². The Kier molecular flexibility index (Phi) is 7.13. The van der Waals surface area contributed by atoms with Gasteiger partial charge in [-0.1, -0.05) is 18.2 Å². The fourth-order valence-electron chi connectivity index (χ4n) is 5.09. The Morgan fingerprint density at radius 3 is 2.53 bits per heavy atom. The third-order valence-electron chi connectivity index (χ3n) is 6.71. The Morgan fingerprint density at radius 2 is 1.84 bits per heavy atom. The van der Waals surface area contributed by atoms with Gasteiger partial charge in [-0.15, -0.1) is 0 Å². The third-order valence-corrected chi connectivity index (χ3v) is 7.03. The molecule has 1 amide bonds. The third kappa shape index (κ3) is 4.73. The zero-order valence-corrected chi connectivity index (χ0v) is 22.2. The van der Waals surface area contributed by atoms with Gasteiger partial charge in [-0.25, -0.2) is 0 Å². The summed E-state index contributed by atoms with van der Waals surface area (Å²) < 4.78 is 6.97. The van der Waals surface area contributed by atoms with Gasteiger partial charge in [-0.3, -0.25) is 9.78 Å². The number of phenolic OH excluding ortho intramolecular Hbond substituents is 1. The topological polar surface area (TPSA) is 91.7 Å². The lowest BCUT2D eigenvalue weighted by molar-refractivity contribution is -0.119. The van der Waals surface area contributed by atoms with Crippen molar-refractivity contribution < 1.29 is 14.6 Å². The van der Waals surface area contributed by atoms with E-state index in [1.54, 1.807) is 12.3 Å². The zero-order chi connectivity index (χ0) is 26.8. The SMILES string of the molecule is COCC(=O)Nc1ccc(N2C(=S)N[C@H](c3ccccn3)[C@@H]2c2cc(C)n(-c3ccccc3O)c2C)cc1. The number of aromatic nitrogens is 2. The molecule has 9 heteroatoms. The first-order valence-corrected chi connectivity index (χ1v) is 12.7. The smallest absolute Gasteiger partial charge is 0.250 e. The number of ether oxygens (including phenoxy) is 1. The molecular weight excluding hydrogens is 498 g/mol. The van der Waals surface area contributed by atoms with Crippen LogP contribution in [-0.4, -0.2) is 39.4 Å². The maximum Gasteiger partial charge on any atom is 0.250 e. The summed E-state index contributed by atoms with van der Waals surface area (Å²) in [5, 5.41) is 17.5. The number of carbonyl (C=O) groups is 1. The van der Waals surface area contributed by atoms with Gasteiger partial charge >= 0.3 is 0 Å². The number of benzene rings is 2. The first kappa shape index (κ1) is 25.4. The molecule has 2 aromatic carbocycles. The Hall–Kier alpha value is -4.21. The summed E-state index contributed by atoms with van der Waals surface area (Å²) in [6.45, 7) is 4.07. The molecule has 1 aliphatic heterocycles. The highest BCUT2D eigenvalue weighted by Crippen LogP contribution is 2.44. The van der Waals surface area contributed by atoms with Crippen molar-refractivity contribution in [2.75, 3.05) is 23.9 Å². The number of pyridine rings is 1. The molecule has 8 nitrogen and oxygen atoms in total. The highest BCUT2D eigenvalue weighted by molar-refractivity contribution is 7.80. The molecule has 2 atom stereocenters. The van der Waals surface area contributed by atoms with Crippen LogP contribution in [0.5, 0.6) is 5.75 Å². The minimum Gasteiger partial charge on any atom is -0.506 e. The molecule has 2 aromatic heterocycles. The van der Waals surface area contributed by atoms with Crippen molar-refractivity contribution in [3.63, 3.8) is 0 Å². The fraction of sp³-hybridized carbons (Fsp3) is 0.207. The Morgan fingerprint density at radius 1 is 1.11 bits per heavy atom. The second-order valence-corrected chi connectivity index (χ2v) is 9.56. The predicted molar refractivity (Wildman–Crippen MR) is 152 cm³/mol. The van der Waals surface area contributed by atoms with Crippen molar-refractivity contribution in [3.8, 4) is 11.4 Å². The van der Waals surface area contributed by atoms with Crippen LogP contribution in [-0.2, 0) is 9.53 Å². The van der Waals surface area contributed by atoms with Gasteiger partial charge in [-0.05, 0) is 86.2 Å². The lowest BCUT2D eigenvalue weighted by atomic mass is 9.96. The molecule has 1 aliphatic rings. The maximum atomic E-state index is 12.0. The largest absolute Gasteiger partial charge is 0.506 e. The molecule has 3 N–H and O–H groups in total. The average Bonchev–Trinajstić information content (AvgIpc) is 3.40. The van der Waals surface area contributed by atoms with Crippen molar-refractivity contribution in [3.05, 3.63) is 102 Å². The van der Waals surface area contributed by atoms with E-state index >= 15 is 0 Å². The van der Waals surface area contributed by atoms with Gasteiger partial charge in [0.15, 0.2) is 5.11 Å². The van der Waals surface area contributed by atoms with Crippen LogP contribution in [0.2, 0.25) is 0 Å². The van der Waals surface area contributed by atoms with Crippen molar-refractivity contribution >= 4 is 34.6 Å². The summed E-state index contributed by atoms with van der Waals surface area (Å²) in [6.07, 6.45) is 1.78. The number of hydrogen-bond donors (Lipinski definition) is 3. The molecule has 4 aromatic rings. The Labute approximate surface area is 226 Å². The van der Waals surface area contributed by atoms with Gasteiger partial charge in [0.1, 0.15) is 12.4 Å². The number of thiocarbonyl (C=S) groups is 1. The number of carbonyl (C=O) groups excluding carboxylic acids is 1. The highest BCUT2D eigenvalue weighted by atomic mass is 32.1. The van der Waals surface area contributed by atoms with Gasteiger partial charge in [0.05, 0.1) is 23.5 Å². The molecule has 1 fully saturated rings. The lowest BCUT2D eigenvalue weighted by Gasteiger charge is -2.28.